The van der Waals surface area contributed by atoms with Crippen LogP contribution in [0.5, 0.6) is 0 Å². The molecule has 0 saturated carbocycles. The van der Waals surface area contributed by atoms with Crippen molar-refractivity contribution in [2.75, 3.05) is 0 Å². The summed E-state index contributed by atoms with van der Waals surface area (Å²) in [4.78, 5) is 8.78. The van der Waals surface area contributed by atoms with Gasteiger partial charge < -0.3 is 0 Å². The summed E-state index contributed by atoms with van der Waals surface area (Å²) >= 11 is 2.29. The van der Waals surface area contributed by atoms with Gasteiger partial charge in [-0.3, -0.25) is 14.6 Å². The first-order chi connectivity index (χ1) is 11.2. The molecule has 0 bridgehead atoms. The van der Waals surface area contributed by atoms with Crippen LogP contribution in [0, 0.1) is 3.57 Å². The number of hydrogen-bond donors (Lipinski definition) is 0. The average molecular weight is 412 g/mol. The molecule has 0 fully saturated rings. The van der Waals surface area contributed by atoms with E-state index in [0.29, 0.717) is 0 Å². The lowest BCUT2D eigenvalue weighted by Gasteiger charge is -2.07. The second-order valence-electron chi connectivity index (χ2n) is 5.39. The number of nitrogens with zero attached hydrogens (tertiary/aromatic N) is 4. The summed E-state index contributed by atoms with van der Waals surface area (Å²) in [6, 6.07) is 10.6. The Bertz CT molecular complexity index is 990. The molecular formula is C18H13IN4. The molecule has 0 spiro atoms. The van der Waals surface area contributed by atoms with Gasteiger partial charge in [-0.25, -0.2) is 0 Å². The number of aryl methyl sites for hydroxylation is 1. The number of rotatable bonds is 2. The van der Waals surface area contributed by atoms with Crippen molar-refractivity contribution in [3.63, 3.8) is 0 Å². The van der Waals surface area contributed by atoms with Gasteiger partial charge in [0.2, 0.25) is 0 Å². The summed E-state index contributed by atoms with van der Waals surface area (Å²) in [5.74, 6) is 0. The van der Waals surface area contributed by atoms with Crippen molar-refractivity contribution in [3.05, 3.63) is 64.9 Å². The largest absolute Gasteiger partial charge is 0.275 e. The molecule has 1 aromatic carbocycles. The molecule has 5 heteroatoms. The first kappa shape index (κ1) is 14.3. The summed E-state index contributed by atoms with van der Waals surface area (Å²) in [6.45, 7) is 0. The molecule has 0 aliphatic heterocycles. The minimum atomic E-state index is 0.916. The molecule has 23 heavy (non-hydrogen) atoms. The molecule has 4 nitrogen and oxygen atoms in total. The van der Waals surface area contributed by atoms with E-state index in [1.807, 2.05) is 36.5 Å². The van der Waals surface area contributed by atoms with Gasteiger partial charge in [-0.15, -0.1) is 0 Å². The minimum Gasteiger partial charge on any atom is -0.275 e. The molecule has 0 radical (unpaired) electrons. The molecule has 0 saturated heterocycles. The Labute approximate surface area is 147 Å². The lowest BCUT2D eigenvalue weighted by Crippen LogP contribution is -1.88. The Morgan fingerprint density at radius 1 is 0.913 bits per heavy atom. The zero-order chi connectivity index (χ0) is 15.8. The monoisotopic (exact) mass is 412 g/mol. The fourth-order valence-corrected chi connectivity index (χ4v) is 3.11. The maximum Gasteiger partial charge on any atom is 0.0892 e. The quantitative estimate of drug-likeness (QED) is 0.461. The van der Waals surface area contributed by atoms with Crippen LogP contribution in [0.3, 0.4) is 0 Å². The number of aromatic nitrogens is 4. The van der Waals surface area contributed by atoms with Crippen molar-refractivity contribution in [2.24, 2.45) is 7.05 Å². The molecule has 3 heterocycles. The molecule has 0 aliphatic carbocycles. The second kappa shape index (κ2) is 5.73. The first-order valence-corrected chi connectivity index (χ1v) is 8.27. The molecule has 4 rings (SSSR count). The molecule has 0 amide bonds. The van der Waals surface area contributed by atoms with Crippen molar-refractivity contribution >= 4 is 33.5 Å². The van der Waals surface area contributed by atoms with E-state index in [4.69, 9.17) is 0 Å². The average Bonchev–Trinajstić information content (AvgIpc) is 3.01. The Balaban J connectivity index is 1.81. The van der Waals surface area contributed by atoms with Crippen molar-refractivity contribution in [1.82, 2.24) is 19.7 Å². The summed E-state index contributed by atoms with van der Waals surface area (Å²) in [5, 5.41) is 5.35. The number of pyridine rings is 2. The van der Waals surface area contributed by atoms with E-state index in [0.717, 1.165) is 36.7 Å². The van der Waals surface area contributed by atoms with E-state index < -0.39 is 0 Å². The van der Waals surface area contributed by atoms with Crippen LogP contribution in [0.25, 0.3) is 33.2 Å². The van der Waals surface area contributed by atoms with Crippen molar-refractivity contribution in [2.45, 2.75) is 0 Å². The van der Waals surface area contributed by atoms with Gasteiger partial charge in [0.1, 0.15) is 0 Å². The molecule has 112 valence electrons. The maximum atomic E-state index is 4.45. The number of hydrogen-bond acceptors (Lipinski definition) is 3. The topological polar surface area (TPSA) is 43.6 Å². The molecule has 0 atom stereocenters. The highest BCUT2D eigenvalue weighted by atomic mass is 127. The highest BCUT2D eigenvalue weighted by Gasteiger charge is 2.07. The highest BCUT2D eigenvalue weighted by Crippen LogP contribution is 2.29. The van der Waals surface area contributed by atoms with Crippen LogP contribution in [0.15, 0.2) is 61.3 Å². The van der Waals surface area contributed by atoms with Crippen LogP contribution < -0.4 is 0 Å². The van der Waals surface area contributed by atoms with Gasteiger partial charge in [-0.1, -0.05) is 24.3 Å². The van der Waals surface area contributed by atoms with Crippen LogP contribution in [0.1, 0.15) is 0 Å². The molecular weight excluding hydrogens is 399 g/mol. The van der Waals surface area contributed by atoms with E-state index in [-0.39, 0.29) is 0 Å². The summed E-state index contributed by atoms with van der Waals surface area (Å²) in [6.07, 6.45) is 9.46. The summed E-state index contributed by atoms with van der Waals surface area (Å²) in [7, 11) is 1.92. The van der Waals surface area contributed by atoms with Crippen LogP contribution in [-0.4, -0.2) is 19.7 Å². The molecule has 3 aromatic heterocycles. The predicted octanol–water partition coefficient (Wildman–Crippen LogP) is 4.30. The van der Waals surface area contributed by atoms with Gasteiger partial charge in [0, 0.05) is 45.7 Å². The lowest BCUT2D eigenvalue weighted by atomic mass is 10.0. The van der Waals surface area contributed by atoms with Crippen LogP contribution in [-0.2, 0) is 7.05 Å². The maximum absolute atomic E-state index is 4.45. The van der Waals surface area contributed by atoms with Gasteiger partial charge in [-0.2, -0.15) is 5.10 Å². The molecule has 0 N–H and O–H groups in total. The zero-order valence-electron chi connectivity index (χ0n) is 12.4. The van der Waals surface area contributed by atoms with Crippen molar-refractivity contribution in [3.8, 4) is 22.3 Å². The number of fused-ring (bicyclic) bond motifs is 1. The second-order valence-corrected chi connectivity index (χ2v) is 6.63. The lowest BCUT2D eigenvalue weighted by molar-refractivity contribution is 0.768. The van der Waals surface area contributed by atoms with Crippen LogP contribution in [0.2, 0.25) is 0 Å². The third-order valence-corrected chi connectivity index (χ3v) is 4.40. The van der Waals surface area contributed by atoms with E-state index in [2.05, 4.69) is 68.0 Å². The predicted molar refractivity (Wildman–Crippen MR) is 99.9 cm³/mol. The Kier molecular flexibility index (Phi) is 3.57. The summed E-state index contributed by atoms with van der Waals surface area (Å²) < 4.78 is 2.93. The Hall–Kier alpha value is -2.28. The molecule has 0 unspecified atom stereocenters. The van der Waals surface area contributed by atoms with Crippen molar-refractivity contribution in [1.29, 1.82) is 0 Å². The third-order valence-electron chi connectivity index (χ3n) is 3.81. The van der Waals surface area contributed by atoms with E-state index in [1.165, 1.54) is 0 Å². The fraction of sp³-hybridized carbons (Fsp3) is 0.0556. The first-order valence-electron chi connectivity index (χ1n) is 7.19. The van der Waals surface area contributed by atoms with E-state index >= 15 is 0 Å². The smallest absolute Gasteiger partial charge is 0.0892 e. The van der Waals surface area contributed by atoms with Crippen LogP contribution >= 0.6 is 22.6 Å². The zero-order valence-corrected chi connectivity index (χ0v) is 14.6. The van der Waals surface area contributed by atoms with Crippen LogP contribution in [0.4, 0.5) is 0 Å². The third kappa shape index (κ3) is 2.72. The molecule has 0 aliphatic rings. The standard InChI is InChI=1S/C18H13IN4/c1-23-11-14(7-22-23)12-2-4-13(5-3-12)17-9-20-10-18-16(17)6-15(19)8-21-18/h2-11H,1H3. The van der Waals surface area contributed by atoms with Gasteiger partial charge in [0.25, 0.3) is 0 Å². The Morgan fingerprint density at radius 2 is 1.70 bits per heavy atom. The van der Waals surface area contributed by atoms with Gasteiger partial charge in [0.15, 0.2) is 0 Å². The normalized spacial score (nSPS) is 11.0. The van der Waals surface area contributed by atoms with E-state index in [9.17, 15) is 0 Å². The van der Waals surface area contributed by atoms with Gasteiger partial charge in [0.05, 0.1) is 17.9 Å². The van der Waals surface area contributed by atoms with Gasteiger partial charge >= 0.3 is 0 Å². The molecule has 4 aromatic rings. The van der Waals surface area contributed by atoms with E-state index in [1.54, 1.807) is 6.20 Å². The SMILES string of the molecule is Cn1cc(-c2ccc(-c3cncc4ncc(I)cc34)cc2)cn1. The highest BCUT2D eigenvalue weighted by molar-refractivity contribution is 14.1. The number of halogens is 1. The van der Waals surface area contributed by atoms with Gasteiger partial charge in [-0.05, 0) is 39.8 Å². The fourth-order valence-electron chi connectivity index (χ4n) is 2.66. The summed E-state index contributed by atoms with van der Waals surface area (Å²) in [5.41, 5.74) is 5.43. The number of benzene rings is 1. The minimum absolute atomic E-state index is 0.916. The Morgan fingerprint density at radius 3 is 2.43 bits per heavy atom. The van der Waals surface area contributed by atoms with Crippen molar-refractivity contribution < 1.29 is 0 Å².